The van der Waals surface area contributed by atoms with E-state index in [1.165, 1.54) is 17.4 Å². The smallest absolute Gasteiger partial charge is 0.335 e. The number of nitrogens with zero attached hydrogens (tertiary/aromatic N) is 2. The molecule has 0 saturated carbocycles. The Hall–Kier alpha value is -2.01. The number of carbonyl (C=O) groups excluding carboxylic acids is 1. The number of allylic oxidation sites excluding steroid dienone is 1. The minimum absolute atomic E-state index is 0.360. The number of rotatable bonds is 4. The van der Waals surface area contributed by atoms with Crippen molar-refractivity contribution in [2.75, 3.05) is 0 Å². The number of aryl methyl sites for hydroxylation is 1. The van der Waals surface area contributed by atoms with Crippen molar-refractivity contribution >= 4 is 17.3 Å². The summed E-state index contributed by atoms with van der Waals surface area (Å²) in [5.74, 6) is 0.164. The van der Waals surface area contributed by atoms with E-state index >= 15 is 0 Å². The number of hydrogen-bond acceptors (Lipinski definition) is 5. The average molecular weight is 274 g/mol. The Morgan fingerprint density at radius 1 is 1.32 bits per heavy atom. The lowest BCUT2D eigenvalue weighted by Crippen LogP contribution is -2.03. The molecule has 19 heavy (non-hydrogen) atoms. The molecule has 1 aromatic carbocycles. The molecule has 0 aliphatic carbocycles. The third-order valence-corrected chi connectivity index (χ3v) is 3.22. The van der Waals surface area contributed by atoms with Crippen molar-refractivity contribution in [2.45, 2.75) is 20.3 Å². The Kier molecular flexibility index (Phi) is 4.41. The molecular weight excluding hydrogens is 260 g/mol. The van der Waals surface area contributed by atoms with Gasteiger partial charge in [-0.1, -0.05) is 24.3 Å². The van der Waals surface area contributed by atoms with E-state index < -0.39 is 0 Å². The lowest BCUT2D eigenvalue weighted by atomic mass is 10.2. The molecule has 0 radical (unpaired) electrons. The number of carbonyl (C=O) groups is 1. The zero-order chi connectivity index (χ0) is 13.7. The molecule has 0 fully saturated rings. The summed E-state index contributed by atoms with van der Waals surface area (Å²) in [6.07, 6.45) is 4.01. The van der Waals surface area contributed by atoms with Crippen LogP contribution in [0.5, 0.6) is 5.75 Å². The first-order valence-corrected chi connectivity index (χ1v) is 6.79. The third-order valence-electron chi connectivity index (χ3n) is 2.34. The van der Waals surface area contributed by atoms with Crippen LogP contribution in [0.1, 0.15) is 18.4 Å². The first kappa shape index (κ1) is 13.4. The molecule has 0 amide bonds. The Labute approximate surface area is 115 Å². The quantitative estimate of drug-likeness (QED) is 0.487. The molecule has 0 atom stereocenters. The zero-order valence-electron chi connectivity index (χ0n) is 10.8. The maximum atomic E-state index is 11.4. The van der Waals surface area contributed by atoms with Crippen LogP contribution in [0.3, 0.4) is 0 Å². The second kappa shape index (κ2) is 6.24. The first-order chi connectivity index (χ1) is 9.19. The fraction of sp³-hybridized carbons (Fsp3) is 0.214. The van der Waals surface area contributed by atoms with Crippen LogP contribution >= 0.6 is 11.3 Å². The SMILES string of the molecule is CC/C=C/C(=O)Oc1ccc(-c2nnc(C)s2)cc1. The van der Waals surface area contributed by atoms with E-state index in [2.05, 4.69) is 10.2 Å². The second-order valence-corrected chi connectivity index (χ2v) is 5.06. The predicted molar refractivity (Wildman–Crippen MR) is 75.1 cm³/mol. The van der Waals surface area contributed by atoms with Crippen LogP contribution in [0.4, 0.5) is 0 Å². The van der Waals surface area contributed by atoms with Crippen molar-refractivity contribution in [3.8, 4) is 16.3 Å². The van der Waals surface area contributed by atoms with Gasteiger partial charge in [0.05, 0.1) is 0 Å². The normalized spacial score (nSPS) is 10.8. The van der Waals surface area contributed by atoms with Crippen LogP contribution in [0.15, 0.2) is 36.4 Å². The summed E-state index contributed by atoms with van der Waals surface area (Å²) in [5.41, 5.74) is 0.967. The number of esters is 1. The molecule has 98 valence electrons. The fourth-order valence-corrected chi connectivity index (χ4v) is 2.14. The van der Waals surface area contributed by atoms with Gasteiger partial charge in [-0.15, -0.1) is 10.2 Å². The molecule has 0 unspecified atom stereocenters. The van der Waals surface area contributed by atoms with Gasteiger partial charge in [-0.25, -0.2) is 4.79 Å². The van der Waals surface area contributed by atoms with Gasteiger partial charge in [0.1, 0.15) is 15.8 Å². The van der Waals surface area contributed by atoms with Gasteiger partial charge in [0, 0.05) is 11.6 Å². The van der Waals surface area contributed by atoms with Gasteiger partial charge in [0.2, 0.25) is 0 Å². The first-order valence-electron chi connectivity index (χ1n) is 5.98. The van der Waals surface area contributed by atoms with Gasteiger partial charge in [0.25, 0.3) is 0 Å². The highest BCUT2D eigenvalue weighted by atomic mass is 32.1. The summed E-state index contributed by atoms with van der Waals surface area (Å²) < 4.78 is 5.15. The van der Waals surface area contributed by atoms with E-state index in [0.29, 0.717) is 5.75 Å². The van der Waals surface area contributed by atoms with Crippen molar-refractivity contribution in [1.82, 2.24) is 10.2 Å². The summed E-state index contributed by atoms with van der Waals surface area (Å²) in [6.45, 7) is 3.88. The van der Waals surface area contributed by atoms with Crippen LogP contribution in [-0.2, 0) is 4.79 Å². The third kappa shape index (κ3) is 3.72. The largest absolute Gasteiger partial charge is 0.423 e. The van der Waals surface area contributed by atoms with Crippen LogP contribution in [0.2, 0.25) is 0 Å². The summed E-state index contributed by atoms with van der Waals surface area (Å²) in [7, 11) is 0. The summed E-state index contributed by atoms with van der Waals surface area (Å²) in [4.78, 5) is 11.4. The highest BCUT2D eigenvalue weighted by Crippen LogP contribution is 2.25. The van der Waals surface area contributed by atoms with Gasteiger partial charge >= 0.3 is 5.97 Å². The summed E-state index contributed by atoms with van der Waals surface area (Å²) >= 11 is 1.53. The Bertz CT molecular complexity index is 588. The molecule has 4 nitrogen and oxygen atoms in total. The topological polar surface area (TPSA) is 52.1 Å². The van der Waals surface area contributed by atoms with Crippen molar-refractivity contribution in [2.24, 2.45) is 0 Å². The van der Waals surface area contributed by atoms with Gasteiger partial charge in [-0.2, -0.15) is 0 Å². The molecule has 1 aromatic heterocycles. The Balaban J connectivity index is 2.06. The van der Waals surface area contributed by atoms with Gasteiger partial charge in [-0.3, -0.25) is 0 Å². The molecule has 0 aliphatic rings. The van der Waals surface area contributed by atoms with Gasteiger partial charge < -0.3 is 4.74 Å². The van der Waals surface area contributed by atoms with Crippen LogP contribution in [0.25, 0.3) is 10.6 Å². The number of benzene rings is 1. The molecule has 5 heteroatoms. The summed E-state index contributed by atoms with van der Waals surface area (Å²) in [5, 5.41) is 9.83. The lowest BCUT2D eigenvalue weighted by molar-refractivity contribution is -0.129. The number of aromatic nitrogens is 2. The minimum Gasteiger partial charge on any atom is -0.423 e. The van der Waals surface area contributed by atoms with E-state index in [4.69, 9.17) is 4.74 Å². The number of hydrogen-bond donors (Lipinski definition) is 0. The fourth-order valence-electron chi connectivity index (χ4n) is 1.44. The zero-order valence-corrected chi connectivity index (χ0v) is 11.6. The van der Waals surface area contributed by atoms with Crippen LogP contribution in [-0.4, -0.2) is 16.2 Å². The van der Waals surface area contributed by atoms with Gasteiger partial charge in [0.15, 0.2) is 0 Å². The highest BCUT2D eigenvalue weighted by Gasteiger charge is 2.05. The second-order valence-electron chi connectivity index (χ2n) is 3.88. The molecule has 0 spiro atoms. The van der Waals surface area contributed by atoms with Crippen molar-refractivity contribution in [3.05, 3.63) is 41.4 Å². The van der Waals surface area contributed by atoms with E-state index in [0.717, 1.165) is 22.0 Å². The highest BCUT2D eigenvalue weighted by molar-refractivity contribution is 7.14. The molecule has 0 N–H and O–H groups in total. The standard InChI is InChI=1S/C14H14N2O2S/c1-3-4-5-13(17)18-12-8-6-11(7-9-12)14-16-15-10(2)19-14/h4-9H,3H2,1-2H3/b5-4+. The lowest BCUT2D eigenvalue weighted by Gasteiger charge is -2.01. The Morgan fingerprint density at radius 3 is 2.63 bits per heavy atom. The van der Waals surface area contributed by atoms with Crippen molar-refractivity contribution < 1.29 is 9.53 Å². The molecule has 1 heterocycles. The van der Waals surface area contributed by atoms with Crippen molar-refractivity contribution in [1.29, 1.82) is 0 Å². The van der Waals surface area contributed by atoms with E-state index in [9.17, 15) is 4.79 Å². The maximum absolute atomic E-state index is 11.4. The molecule has 2 rings (SSSR count). The van der Waals surface area contributed by atoms with Crippen molar-refractivity contribution in [3.63, 3.8) is 0 Å². The molecule has 0 saturated heterocycles. The van der Waals surface area contributed by atoms with E-state index in [1.54, 1.807) is 18.2 Å². The molecule has 0 bridgehead atoms. The van der Waals surface area contributed by atoms with Crippen LogP contribution in [0, 0.1) is 6.92 Å². The summed E-state index contributed by atoms with van der Waals surface area (Å²) in [6, 6.07) is 7.24. The van der Waals surface area contributed by atoms with E-state index in [-0.39, 0.29) is 5.97 Å². The van der Waals surface area contributed by atoms with Gasteiger partial charge in [-0.05, 0) is 37.6 Å². The van der Waals surface area contributed by atoms with Crippen LogP contribution < -0.4 is 4.74 Å². The van der Waals surface area contributed by atoms with E-state index in [1.807, 2.05) is 26.0 Å². The maximum Gasteiger partial charge on any atom is 0.335 e. The molecule has 2 aromatic rings. The molecule has 0 aliphatic heterocycles. The average Bonchev–Trinajstić information content (AvgIpc) is 2.84. The monoisotopic (exact) mass is 274 g/mol. The Morgan fingerprint density at radius 2 is 2.05 bits per heavy atom. The minimum atomic E-state index is -0.360. The molecular formula is C14H14N2O2S. The predicted octanol–water partition coefficient (Wildman–Crippen LogP) is 3.39. The number of ether oxygens (including phenoxy) is 1.